The number of nitrogens with one attached hydrogen (secondary N) is 1. The summed E-state index contributed by atoms with van der Waals surface area (Å²) in [6, 6.07) is 21.4. The van der Waals surface area contributed by atoms with Crippen LogP contribution in [0.25, 0.3) is 0 Å². The molecule has 0 spiro atoms. The third kappa shape index (κ3) is 7.57. The van der Waals surface area contributed by atoms with Gasteiger partial charge in [0.05, 0.1) is 25.6 Å². The number of rotatable bonds is 12. The standard InChI is InChI=1S/C27H25FN4O4/c28-22-8-12-24(13-9-22)36-23-10-6-20(7-11-23)16-26(33)25(19-35-18-21-4-2-1-3-5-21)31-27(34)17-32-29-14-15-30-32/h1-15,25H,16-19H2,(H,31,34)/t25-/m0/s1. The normalized spacial score (nSPS) is 11.6. The van der Waals surface area contributed by atoms with Crippen molar-refractivity contribution in [3.63, 3.8) is 0 Å². The van der Waals surface area contributed by atoms with Crippen LogP contribution in [0.2, 0.25) is 0 Å². The first-order valence-electron chi connectivity index (χ1n) is 11.4. The first-order chi connectivity index (χ1) is 17.5. The molecule has 0 saturated carbocycles. The molecule has 184 valence electrons. The third-order valence-corrected chi connectivity index (χ3v) is 5.22. The fourth-order valence-electron chi connectivity index (χ4n) is 3.42. The van der Waals surface area contributed by atoms with Crippen molar-refractivity contribution in [1.82, 2.24) is 20.3 Å². The predicted molar refractivity (Wildman–Crippen MR) is 130 cm³/mol. The molecule has 0 bridgehead atoms. The Balaban J connectivity index is 1.36. The van der Waals surface area contributed by atoms with Gasteiger partial charge >= 0.3 is 0 Å². The van der Waals surface area contributed by atoms with E-state index in [1.165, 1.54) is 41.5 Å². The van der Waals surface area contributed by atoms with Crippen LogP contribution in [0, 0.1) is 5.82 Å². The number of halogens is 1. The minimum atomic E-state index is -0.841. The number of ketones is 1. The number of nitrogens with zero attached hydrogens (tertiary/aromatic N) is 3. The number of carbonyl (C=O) groups excluding carboxylic acids is 2. The van der Waals surface area contributed by atoms with Crippen molar-refractivity contribution < 1.29 is 23.5 Å². The van der Waals surface area contributed by atoms with Gasteiger partial charge in [-0.3, -0.25) is 9.59 Å². The van der Waals surface area contributed by atoms with Crippen molar-refractivity contribution in [2.75, 3.05) is 6.61 Å². The summed E-state index contributed by atoms with van der Waals surface area (Å²) in [7, 11) is 0. The molecule has 1 atom stereocenters. The number of ether oxygens (including phenoxy) is 2. The molecule has 4 aromatic rings. The number of Topliss-reactive ketones (excluding diaryl/α,β-unsaturated/α-hetero) is 1. The van der Waals surface area contributed by atoms with Gasteiger partial charge in [0, 0.05) is 6.42 Å². The van der Waals surface area contributed by atoms with Crippen molar-refractivity contribution in [3.05, 3.63) is 108 Å². The maximum absolute atomic E-state index is 13.1. The summed E-state index contributed by atoms with van der Waals surface area (Å²) >= 11 is 0. The summed E-state index contributed by atoms with van der Waals surface area (Å²) in [5, 5.41) is 10.6. The van der Waals surface area contributed by atoms with Gasteiger partial charge in [0.25, 0.3) is 0 Å². The topological polar surface area (TPSA) is 95.3 Å². The summed E-state index contributed by atoms with van der Waals surface area (Å²) in [5.41, 5.74) is 1.72. The third-order valence-electron chi connectivity index (χ3n) is 5.22. The molecule has 0 unspecified atom stereocenters. The van der Waals surface area contributed by atoms with Gasteiger partial charge in [-0.1, -0.05) is 42.5 Å². The van der Waals surface area contributed by atoms with Crippen molar-refractivity contribution in [1.29, 1.82) is 0 Å². The van der Waals surface area contributed by atoms with Crippen LogP contribution in [-0.2, 0) is 33.9 Å². The molecular weight excluding hydrogens is 463 g/mol. The minimum Gasteiger partial charge on any atom is -0.457 e. The van der Waals surface area contributed by atoms with E-state index < -0.39 is 11.9 Å². The van der Waals surface area contributed by atoms with Gasteiger partial charge in [-0.05, 0) is 47.5 Å². The molecule has 0 aliphatic carbocycles. The van der Waals surface area contributed by atoms with E-state index in [9.17, 15) is 14.0 Å². The minimum absolute atomic E-state index is 0.0256. The average molecular weight is 489 g/mol. The number of aromatic nitrogens is 3. The van der Waals surface area contributed by atoms with Gasteiger partial charge in [-0.25, -0.2) is 4.39 Å². The summed E-state index contributed by atoms with van der Waals surface area (Å²) in [5.74, 6) is 0.130. The summed E-state index contributed by atoms with van der Waals surface area (Å²) in [4.78, 5) is 26.8. The van der Waals surface area contributed by atoms with Gasteiger partial charge < -0.3 is 14.8 Å². The van der Waals surface area contributed by atoms with Gasteiger partial charge in [0.1, 0.15) is 29.9 Å². The quantitative estimate of drug-likeness (QED) is 0.327. The zero-order chi connectivity index (χ0) is 25.2. The van der Waals surface area contributed by atoms with Crippen LogP contribution in [0.4, 0.5) is 4.39 Å². The van der Waals surface area contributed by atoms with Crippen molar-refractivity contribution in [2.24, 2.45) is 0 Å². The second kappa shape index (κ2) is 12.4. The molecule has 1 aromatic heterocycles. The molecule has 0 aliphatic rings. The van der Waals surface area contributed by atoms with Crippen LogP contribution in [0.1, 0.15) is 11.1 Å². The van der Waals surface area contributed by atoms with Crippen LogP contribution < -0.4 is 10.1 Å². The fraction of sp³-hybridized carbons (Fsp3) is 0.185. The number of carbonyl (C=O) groups is 2. The van der Waals surface area contributed by atoms with Crippen molar-refractivity contribution >= 4 is 11.7 Å². The van der Waals surface area contributed by atoms with E-state index in [0.717, 1.165) is 11.1 Å². The second-order valence-corrected chi connectivity index (χ2v) is 8.02. The lowest BCUT2D eigenvalue weighted by atomic mass is 10.0. The molecule has 1 N–H and O–H groups in total. The van der Waals surface area contributed by atoms with E-state index in [4.69, 9.17) is 9.47 Å². The maximum atomic E-state index is 13.1. The Kier molecular flexibility index (Phi) is 8.50. The largest absolute Gasteiger partial charge is 0.457 e. The molecule has 1 heterocycles. The van der Waals surface area contributed by atoms with E-state index in [1.807, 2.05) is 30.3 Å². The first-order valence-corrected chi connectivity index (χ1v) is 11.4. The second-order valence-electron chi connectivity index (χ2n) is 8.02. The number of hydrogen-bond donors (Lipinski definition) is 1. The number of benzene rings is 3. The molecule has 4 rings (SSSR count). The molecule has 9 heteroatoms. The molecule has 1 amide bonds. The molecule has 0 saturated heterocycles. The van der Waals surface area contributed by atoms with Crippen LogP contribution in [-0.4, -0.2) is 39.3 Å². The molecular formula is C27H25FN4O4. The zero-order valence-electron chi connectivity index (χ0n) is 19.4. The Hall–Kier alpha value is -4.37. The van der Waals surface area contributed by atoms with Crippen LogP contribution >= 0.6 is 0 Å². The smallest absolute Gasteiger partial charge is 0.244 e. The lowest BCUT2D eigenvalue weighted by molar-refractivity contribution is -0.129. The van der Waals surface area contributed by atoms with Crippen LogP contribution in [0.15, 0.2) is 91.3 Å². The Labute approximate surface area is 207 Å². The van der Waals surface area contributed by atoms with E-state index in [-0.39, 0.29) is 31.2 Å². The van der Waals surface area contributed by atoms with Crippen molar-refractivity contribution in [2.45, 2.75) is 25.6 Å². The molecule has 0 radical (unpaired) electrons. The lowest BCUT2D eigenvalue weighted by Crippen LogP contribution is -2.46. The molecule has 8 nitrogen and oxygen atoms in total. The van der Waals surface area contributed by atoms with E-state index in [1.54, 1.807) is 24.3 Å². The molecule has 3 aromatic carbocycles. The number of amides is 1. The highest BCUT2D eigenvalue weighted by Crippen LogP contribution is 2.22. The SMILES string of the molecule is O=C(Cn1nccn1)N[C@@H](COCc1ccccc1)C(=O)Cc1ccc(Oc2ccc(F)cc2)cc1. The van der Waals surface area contributed by atoms with Gasteiger partial charge in [0.15, 0.2) is 5.78 Å². The number of hydrogen-bond acceptors (Lipinski definition) is 6. The molecule has 0 fully saturated rings. The Morgan fingerprint density at radius 2 is 1.50 bits per heavy atom. The summed E-state index contributed by atoms with van der Waals surface area (Å²) in [6.45, 7) is 0.235. The van der Waals surface area contributed by atoms with Crippen molar-refractivity contribution in [3.8, 4) is 11.5 Å². The highest BCUT2D eigenvalue weighted by atomic mass is 19.1. The Morgan fingerprint density at radius 1 is 0.861 bits per heavy atom. The van der Waals surface area contributed by atoms with Gasteiger partial charge in [-0.2, -0.15) is 15.0 Å². The first kappa shape index (κ1) is 24.7. The van der Waals surface area contributed by atoms with E-state index in [0.29, 0.717) is 18.1 Å². The molecule has 36 heavy (non-hydrogen) atoms. The van der Waals surface area contributed by atoms with E-state index in [2.05, 4.69) is 15.5 Å². The average Bonchev–Trinajstić information content (AvgIpc) is 3.39. The summed E-state index contributed by atoms with van der Waals surface area (Å²) in [6.07, 6.45) is 3.04. The Bertz CT molecular complexity index is 1250. The summed E-state index contributed by atoms with van der Waals surface area (Å²) < 4.78 is 24.5. The van der Waals surface area contributed by atoms with E-state index >= 15 is 0 Å². The van der Waals surface area contributed by atoms with Crippen LogP contribution in [0.5, 0.6) is 11.5 Å². The predicted octanol–water partition coefficient (Wildman–Crippen LogP) is 3.72. The lowest BCUT2D eigenvalue weighted by Gasteiger charge is -2.18. The van der Waals surface area contributed by atoms with Crippen LogP contribution in [0.3, 0.4) is 0 Å². The maximum Gasteiger partial charge on any atom is 0.244 e. The molecule has 0 aliphatic heterocycles. The highest BCUT2D eigenvalue weighted by Gasteiger charge is 2.22. The monoisotopic (exact) mass is 488 g/mol. The van der Waals surface area contributed by atoms with Gasteiger partial charge in [0.2, 0.25) is 5.91 Å². The zero-order valence-corrected chi connectivity index (χ0v) is 19.4. The highest BCUT2D eigenvalue weighted by molar-refractivity contribution is 5.90. The Morgan fingerprint density at radius 3 is 2.17 bits per heavy atom. The van der Waals surface area contributed by atoms with Gasteiger partial charge in [-0.15, -0.1) is 0 Å². The fourth-order valence-corrected chi connectivity index (χ4v) is 3.42.